The third-order valence-electron chi connectivity index (χ3n) is 7.97. The first-order chi connectivity index (χ1) is 25.8. The third kappa shape index (κ3) is 36.3. The summed E-state index contributed by atoms with van der Waals surface area (Å²) in [6, 6.07) is 0. The van der Waals surface area contributed by atoms with E-state index in [2.05, 4.69) is 12.2 Å². The Morgan fingerprint density at radius 2 is 1.22 bits per heavy atom. The number of unbranched alkanes of at least 4 members (excludes halogenated alkanes) is 16. The van der Waals surface area contributed by atoms with Crippen LogP contribution >= 0.6 is 7.82 Å². The monoisotopic (exact) mass is 789 g/mol. The van der Waals surface area contributed by atoms with E-state index in [9.17, 15) is 28.6 Å². The maximum Gasteiger partial charge on any atom is 0.472 e. The lowest BCUT2D eigenvalue weighted by Crippen LogP contribution is -2.34. The zero-order valence-corrected chi connectivity index (χ0v) is 34.8. The van der Waals surface area contributed by atoms with Crippen molar-refractivity contribution in [2.45, 2.75) is 175 Å². The third-order valence-corrected chi connectivity index (χ3v) is 8.95. The lowest BCUT2D eigenvalue weighted by molar-refractivity contribution is -0.161. The number of hydrogen-bond donors (Lipinski definition) is 2. The summed E-state index contributed by atoms with van der Waals surface area (Å²) in [5.41, 5.74) is -0.704. The van der Waals surface area contributed by atoms with Gasteiger partial charge in [-0.15, -0.1) is 0 Å². The number of hydrogen-bond acceptors (Lipinski definition) is 11. The molecule has 0 fully saturated rings. The topological polar surface area (TPSA) is 173 Å². The molecule has 0 radical (unpaired) electrons. The number of carbonyl (C=O) groups is 4. The molecule has 0 rings (SSSR count). The predicted octanol–water partition coefficient (Wildman–Crippen LogP) is 9.60. The second-order valence-electron chi connectivity index (χ2n) is 14.4. The van der Waals surface area contributed by atoms with E-state index in [0.717, 1.165) is 38.5 Å². The minimum absolute atomic E-state index is 0.0950. The first-order valence-electron chi connectivity index (χ1n) is 20.2. The number of carbonyl (C=O) groups excluding carboxylic acids is 4. The van der Waals surface area contributed by atoms with Crippen LogP contribution in [0.1, 0.15) is 163 Å². The highest BCUT2D eigenvalue weighted by molar-refractivity contribution is 7.47. The summed E-state index contributed by atoms with van der Waals surface area (Å²) in [6.07, 6.45) is 24.1. The molecule has 1 amide bonds. The van der Waals surface area contributed by atoms with Crippen molar-refractivity contribution in [1.82, 2.24) is 5.32 Å². The van der Waals surface area contributed by atoms with Crippen molar-refractivity contribution >= 4 is 31.8 Å². The van der Waals surface area contributed by atoms with E-state index in [1.807, 2.05) is 13.0 Å². The summed E-state index contributed by atoms with van der Waals surface area (Å²) in [7, 11) is -4.60. The molecule has 2 unspecified atom stereocenters. The van der Waals surface area contributed by atoms with Gasteiger partial charge in [0.25, 0.3) is 0 Å². The Kier molecular flexibility index (Phi) is 31.9. The minimum atomic E-state index is -4.60. The van der Waals surface area contributed by atoms with E-state index in [-0.39, 0.29) is 38.6 Å². The maximum absolute atomic E-state index is 12.6. The molecule has 0 saturated heterocycles. The summed E-state index contributed by atoms with van der Waals surface area (Å²) >= 11 is 0. The van der Waals surface area contributed by atoms with Gasteiger partial charge in [0.15, 0.2) is 6.10 Å². The first kappa shape index (κ1) is 51.3. The van der Waals surface area contributed by atoms with Crippen molar-refractivity contribution in [2.24, 2.45) is 0 Å². The van der Waals surface area contributed by atoms with Gasteiger partial charge in [-0.1, -0.05) is 121 Å². The Morgan fingerprint density at radius 3 is 1.78 bits per heavy atom. The summed E-state index contributed by atoms with van der Waals surface area (Å²) in [5.74, 6) is -1.40. The molecule has 314 valence electrons. The number of allylic oxidation sites excluding steroid dienone is 3. The van der Waals surface area contributed by atoms with Gasteiger partial charge in [-0.05, 0) is 47.0 Å². The lowest BCUT2D eigenvalue weighted by Gasteiger charge is -2.21. The normalized spacial score (nSPS) is 13.4. The van der Waals surface area contributed by atoms with Crippen molar-refractivity contribution < 1.29 is 56.6 Å². The van der Waals surface area contributed by atoms with Gasteiger partial charge in [-0.3, -0.25) is 18.6 Å². The fourth-order valence-corrected chi connectivity index (χ4v) is 5.87. The fourth-order valence-electron chi connectivity index (χ4n) is 5.12. The zero-order chi connectivity index (χ0) is 40.3. The molecule has 0 spiro atoms. The number of ether oxygens (including phenoxy) is 4. The average molecular weight is 790 g/mol. The van der Waals surface area contributed by atoms with Crippen molar-refractivity contribution in [3.05, 3.63) is 24.3 Å². The molecule has 0 aromatic rings. The van der Waals surface area contributed by atoms with Gasteiger partial charge in [0.05, 0.1) is 19.8 Å². The fraction of sp³-hybridized carbons (Fsp3) is 0.800. The van der Waals surface area contributed by atoms with Gasteiger partial charge in [0, 0.05) is 25.5 Å². The molecule has 0 saturated carbocycles. The van der Waals surface area contributed by atoms with E-state index in [0.29, 0.717) is 25.9 Å². The Bertz CT molecular complexity index is 1100. The second-order valence-corrected chi connectivity index (χ2v) is 15.8. The molecule has 14 heteroatoms. The maximum atomic E-state index is 12.6. The number of phosphoric acid groups is 1. The molecule has 2 atom stereocenters. The molecule has 13 nitrogen and oxygen atoms in total. The summed E-state index contributed by atoms with van der Waals surface area (Å²) in [6.45, 7) is 8.17. The van der Waals surface area contributed by atoms with Crippen molar-refractivity contribution in [3.63, 3.8) is 0 Å². The van der Waals surface area contributed by atoms with Gasteiger partial charge in [-0.2, -0.15) is 0 Å². The van der Waals surface area contributed by atoms with Crippen molar-refractivity contribution in [3.8, 4) is 0 Å². The molecule has 2 N–H and O–H groups in total. The first-order valence-corrected chi connectivity index (χ1v) is 21.7. The smallest absolute Gasteiger partial charge is 0.463 e. The van der Waals surface area contributed by atoms with Crippen LogP contribution in [0.5, 0.6) is 0 Å². The van der Waals surface area contributed by atoms with Crippen LogP contribution in [-0.4, -0.2) is 73.6 Å². The van der Waals surface area contributed by atoms with E-state index in [4.69, 9.17) is 28.0 Å². The standard InChI is InChI=1S/C40H72NO12P/c1-6-8-10-11-12-13-14-15-16-17-18-20-24-28-37(43)49-33-35(34-51-54(46,47)50-32-30-41-39(45)53-40(3,4)5)52-38(44)29-25-21-19-22-26-31-48-36(42)27-23-9-7-2/h7,9,23,27,35H,6,8,10-22,24-26,28-34H2,1-5H3,(H,41,45)(H,46,47)/b9-7+,27-23+. The summed E-state index contributed by atoms with van der Waals surface area (Å²) in [5, 5.41) is 2.41. The van der Waals surface area contributed by atoms with Crippen LogP contribution in [0, 0.1) is 0 Å². The molecular formula is C40H72NO12P. The quantitative estimate of drug-likeness (QED) is 0.0158. The number of phosphoric ester groups is 1. The van der Waals surface area contributed by atoms with Crippen LogP contribution in [0.15, 0.2) is 24.3 Å². The molecule has 0 heterocycles. The highest BCUT2D eigenvalue weighted by Gasteiger charge is 2.26. The number of alkyl carbamates (subject to hydrolysis) is 1. The van der Waals surface area contributed by atoms with Crippen LogP contribution in [-0.2, 0) is 46.9 Å². The van der Waals surface area contributed by atoms with Crippen LogP contribution in [0.25, 0.3) is 0 Å². The minimum Gasteiger partial charge on any atom is -0.463 e. The molecule has 0 aliphatic heterocycles. The zero-order valence-electron chi connectivity index (χ0n) is 33.9. The van der Waals surface area contributed by atoms with Crippen LogP contribution in [0.4, 0.5) is 4.79 Å². The number of rotatable bonds is 34. The number of esters is 3. The molecule has 0 aliphatic rings. The Morgan fingerprint density at radius 1 is 0.685 bits per heavy atom. The summed E-state index contributed by atoms with van der Waals surface area (Å²) < 4.78 is 43.5. The average Bonchev–Trinajstić information content (AvgIpc) is 3.10. The van der Waals surface area contributed by atoms with Crippen molar-refractivity contribution in [1.29, 1.82) is 0 Å². The Labute approximate surface area is 325 Å². The molecular weight excluding hydrogens is 717 g/mol. The van der Waals surface area contributed by atoms with E-state index in [1.54, 1.807) is 32.9 Å². The molecule has 0 aromatic carbocycles. The Balaban J connectivity index is 4.60. The molecule has 54 heavy (non-hydrogen) atoms. The SMILES string of the molecule is C/C=C/C=C/C(=O)OCCCCCCCC(=O)OC(COC(=O)CCCCCCCCCCCCCCC)COP(=O)(O)OCCNC(=O)OC(C)(C)C. The van der Waals surface area contributed by atoms with Gasteiger partial charge in [0.1, 0.15) is 12.2 Å². The molecule has 0 aliphatic carbocycles. The highest BCUT2D eigenvalue weighted by Crippen LogP contribution is 2.43. The van der Waals surface area contributed by atoms with Crippen molar-refractivity contribution in [2.75, 3.05) is 33.0 Å². The van der Waals surface area contributed by atoms with Crippen LogP contribution < -0.4 is 5.32 Å². The van der Waals surface area contributed by atoms with Crippen LogP contribution in [0.3, 0.4) is 0 Å². The number of nitrogens with one attached hydrogen (secondary N) is 1. The van der Waals surface area contributed by atoms with E-state index < -0.39 is 44.2 Å². The van der Waals surface area contributed by atoms with E-state index >= 15 is 0 Å². The predicted molar refractivity (Wildman–Crippen MR) is 210 cm³/mol. The molecule has 0 aromatic heterocycles. The Hall–Kier alpha value is -2.73. The van der Waals surface area contributed by atoms with E-state index in [1.165, 1.54) is 63.9 Å². The van der Waals surface area contributed by atoms with Gasteiger partial charge >= 0.3 is 31.8 Å². The second kappa shape index (κ2) is 33.6. The largest absolute Gasteiger partial charge is 0.472 e. The number of amides is 1. The van der Waals surface area contributed by atoms with Gasteiger partial charge in [0.2, 0.25) is 0 Å². The van der Waals surface area contributed by atoms with Gasteiger partial charge < -0.3 is 29.2 Å². The summed E-state index contributed by atoms with van der Waals surface area (Å²) in [4.78, 5) is 58.6. The lowest BCUT2D eigenvalue weighted by atomic mass is 10.0. The highest BCUT2D eigenvalue weighted by atomic mass is 31.2. The van der Waals surface area contributed by atoms with Gasteiger partial charge in [-0.25, -0.2) is 14.2 Å². The molecule has 0 bridgehead atoms. The van der Waals surface area contributed by atoms with Crippen LogP contribution in [0.2, 0.25) is 0 Å².